The maximum Gasteiger partial charge on any atom is 0.408 e. The predicted octanol–water partition coefficient (Wildman–Crippen LogP) is 3.96. The Bertz CT molecular complexity index is 1050. The van der Waals surface area contributed by atoms with Crippen LogP contribution in [0, 0.1) is 28.6 Å². The fourth-order valence-electron chi connectivity index (χ4n) is 8.55. The van der Waals surface area contributed by atoms with E-state index >= 15 is 4.39 Å². The third kappa shape index (κ3) is 3.68. The Morgan fingerprint density at radius 1 is 1.16 bits per heavy atom. The first kappa shape index (κ1) is 26.5. The number of aliphatic hydroxyl groups excluding tert-OH is 2. The van der Waals surface area contributed by atoms with E-state index in [-0.39, 0.29) is 18.2 Å². The lowest BCUT2D eigenvalue weighted by Gasteiger charge is -2.65. The van der Waals surface area contributed by atoms with E-state index in [9.17, 15) is 24.6 Å². The van der Waals surface area contributed by atoms with E-state index in [4.69, 9.17) is 4.74 Å². The van der Waals surface area contributed by atoms with Gasteiger partial charge < -0.3 is 20.3 Å². The zero-order chi connectivity index (χ0) is 26.8. The lowest BCUT2D eigenvalue weighted by atomic mass is 9.41. The van der Waals surface area contributed by atoms with Crippen molar-refractivity contribution < 1.29 is 33.7 Å². The third-order valence-corrected chi connectivity index (χ3v) is 10.8. The average molecular weight is 518 g/mol. The van der Waals surface area contributed by atoms with E-state index in [1.165, 1.54) is 12.2 Å². The Kier molecular flexibility index (Phi) is 6.46. The summed E-state index contributed by atoms with van der Waals surface area (Å²) < 4.78 is 23.1. The Hall–Kier alpha value is -2.06. The second-order valence-corrected chi connectivity index (χ2v) is 12.6. The summed E-state index contributed by atoms with van der Waals surface area (Å²) in [5.74, 6) is -2.18. The largest absolute Gasteiger partial charge is 0.432 e. The Morgan fingerprint density at radius 2 is 1.86 bits per heavy atom. The van der Waals surface area contributed by atoms with Gasteiger partial charge in [0.25, 0.3) is 0 Å². The molecular weight excluding hydrogens is 477 g/mol. The van der Waals surface area contributed by atoms with Crippen LogP contribution in [0.5, 0.6) is 0 Å². The van der Waals surface area contributed by atoms with Gasteiger partial charge in [-0.05, 0) is 63.5 Å². The SMILES string of the molecule is C[C@H]1CC2C3CCC4=CC(=O)C=C[C@]4(C)[C@@]3(F)[C@@H](O)C[C@]2(C)C(=O)[C@]1(CO)OC(=O)NC1CCCCC1. The van der Waals surface area contributed by atoms with Crippen LogP contribution in [0.4, 0.5) is 9.18 Å². The highest BCUT2D eigenvalue weighted by Gasteiger charge is 2.73. The van der Waals surface area contributed by atoms with Gasteiger partial charge in [-0.15, -0.1) is 0 Å². The summed E-state index contributed by atoms with van der Waals surface area (Å²) >= 11 is 0. The van der Waals surface area contributed by atoms with Gasteiger partial charge in [0, 0.05) is 28.7 Å². The van der Waals surface area contributed by atoms with Crippen molar-refractivity contribution in [3.63, 3.8) is 0 Å². The van der Waals surface area contributed by atoms with Crippen LogP contribution in [-0.2, 0) is 14.3 Å². The highest BCUT2D eigenvalue weighted by atomic mass is 19.1. The van der Waals surface area contributed by atoms with E-state index in [1.807, 2.05) is 0 Å². The molecule has 0 aromatic rings. The molecule has 5 aliphatic carbocycles. The summed E-state index contributed by atoms with van der Waals surface area (Å²) in [6, 6.07) is -0.0151. The van der Waals surface area contributed by atoms with Gasteiger partial charge in [-0.1, -0.05) is 44.8 Å². The molecule has 4 saturated carbocycles. The molecule has 2 unspecified atom stereocenters. The Labute approximate surface area is 217 Å². The molecule has 204 valence electrons. The number of alkyl halides is 1. The van der Waals surface area contributed by atoms with Crippen molar-refractivity contribution in [3.05, 3.63) is 23.8 Å². The van der Waals surface area contributed by atoms with Crippen LogP contribution < -0.4 is 5.32 Å². The topological polar surface area (TPSA) is 113 Å². The van der Waals surface area contributed by atoms with Gasteiger partial charge in [-0.25, -0.2) is 9.18 Å². The third-order valence-electron chi connectivity index (χ3n) is 10.8. The lowest BCUT2D eigenvalue weighted by molar-refractivity contribution is -0.225. The van der Waals surface area contributed by atoms with E-state index < -0.39 is 64.4 Å². The molecule has 8 atom stereocenters. The number of amides is 1. The number of hydrogen-bond donors (Lipinski definition) is 3. The van der Waals surface area contributed by atoms with Crippen molar-refractivity contribution >= 4 is 17.7 Å². The fraction of sp³-hybridized carbons (Fsp3) is 0.759. The first-order chi connectivity index (χ1) is 17.4. The minimum absolute atomic E-state index is 0.0151. The number of carbonyl (C=O) groups is 3. The molecule has 1 amide bonds. The van der Waals surface area contributed by atoms with Gasteiger partial charge in [0.2, 0.25) is 0 Å². The van der Waals surface area contributed by atoms with Crippen LogP contribution in [0.3, 0.4) is 0 Å². The number of carbonyl (C=O) groups excluding carboxylic acids is 3. The standard InChI is InChI=1S/C29H40FNO6/c1-17-13-22-21-10-9-18-14-20(33)11-12-27(18,3)29(21,30)23(34)15-26(22,2)24(35)28(17,16-32)37-25(36)31-19-7-5-4-6-8-19/h11-12,14,17,19,21-23,32,34H,4-10,13,15-16H2,1-3H3,(H,31,36)/t17-,21?,22?,23-,26-,27-,28+,29-/m0/s1. The summed E-state index contributed by atoms with van der Waals surface area (Å²) in [6.07, 6.45) is 8.31. The quantitative estimate of drug-likeness (QED) is 0.522. The molecule has 0 aromatic heterocycles. The zero-order valence-electron chi connectivity index (χ0n) is 22.1. The van der Waals surface area contributed by atoms with Crippen LogP contribution >= 0.6 is 0 Å². The molecule has 0 radical (unpaired) electrons. The molecule has 0 bridgehead atoms. The van der Waals surface area contributed by atoms with Crippen molar-refractivity contribution in [1.29, 1.82) is 0 Å². The van der Waals surface area contributed by atoms with Crippen LogP contribution in [0.2, 0.25) is 0 Å². The summed E-state index contributed by atoms with van der Waals surface area (Å²) in [5.41, 5.74) is -5.42. The van der Waals surface area contributed by atoms with Gasteiger partial charge >= 0.3 is 6.09 Å². The number of alkyl carbamates (subject to hydrolysis) is 1. The summed E-state index contributed by atoms with van der Waals surface area (Å²) in [6.45, 7) is 4.59. The Balaban J connectivity index is 1.45. The van der Waals surface area contributed by atoms with Crippen molar-refractivity contribution in [3.8, 4) is 0 Å². The van der Waals surface area contributed by atoms with Crippen molar-refractivity contribution in [2.75, 3.05) is 6.61 Å². The first-order valence-electron chi connectivity index (χ1n) is 13.9. The van der Waals surface area contributed by atoms with Crippen LogP contribution in [0.1, 0.15) is 78.6 Å². The molecular formula is C29H40FNO6. The number of rotatable bonds is 3. The predicted molar refractivity (Wildman–Crippen MR) is 134 cm³/mol. The summed E-state index contributed by atoms with van der Waals surface area (Å²) in [7, 11) is 0. The Morgan fingerprint density at radius 3 is 2.54 bits per heavy atom. The summed E-state index contributed by atoms with van der Waals surface area (Å²) in [5, 5.41) is 24.8. The smallest absolute Gasteiger partial charge is 0.408 e. The zero-order valence-corrected chi connectivity index (χ0v) is 22.1. The first-order valence-corrected chi connectivity index (χ1v) is 13.9. The van der Waals surface area contributed by atoms with Crippen molar-refractivity contribution in [2.45, 2.75) is 102 Å². The monoisotopic (exact) mass is 517 g/mol. The molecule has 0 aromatic carbocycles. The number of ketones is 2. The lowest BCUT2D eigenvalue weighted by Crippen LogP contribution is -2.73. The molecule has 7 nitrogen and oxygen atoms in total. The molecule has 5 aliphatic rings. The van der Waals surface area contributed by atoms with Gasteiger partial charge in [0.05, 0.1) is 12.7 Å². The number of allylic oxidation sites excluding steroid dienone is 4. The minimum Gasteiger partial charge on any atom is -0.432 e. The molecule has 4 fully saturated rings. The molecule has 3 N–H and O–H groups in total. The second-order valence-electron chi connectivity index (χ2n) is 12.6. The maximum absolute atomic E-state index is 17.3. The van der Waals surface area contributed by atoms with Crippen LogP contribution in [-0.4, -0.2) is 57.9 Å². The van der Waals surface area contributed by atoms with E-state index in [1.54, 1.807) is 26.8 Å². The van der Waals surface area contributed by atoms with Crippen molar-refractivity contribution in [2.24, 2.45) is 28.6 Å². The normalized spacial score (nSPS) is 45.8. The fourth-order valence-corrected chi connectivity index (χ4v) is 8.55. The minimum atomic E-state index is -2.04. The van der Waals surface area contributed by atoms with Crippen molar-refractivity contribution in [1.82, 2.24) is 5.32 Å². The number of nitrogens with one attached hydrogen (secondary N) is 1. The van der Waals surface area contributed by atoms with E-state index in [0.717, 1.165) is 32.1 Å². The summed E-state index contributed by atoms with van der Waals surface area (Å²) in [4.78, 5) is 39.2. The van der Waals surface area contributed by atoms with E-state index in [2.05, 4.69) is 5.32 Å². The molecule has 0 saturated heterocycles. The number of halogens is 1. The second kappa shape index (κ2) is 9.01. The van der Waals surface area contributed by atoms with Gasteiger partial charge in [-0.3, -0.25) is 9.59 Å². The van der Waals surface area contributed by atoms with Gasteiger partial charge in [-0.2, -0.15) is 0 Å². The number of aliphatic hydroxyl groups is 2. The average Bonchev–Trinajstić information content (AvgIpc) is 2.86. The molecule has 5 rings (SSSR count). The van der Waals surface area contributed by atoms with Gasteiger partial charge in [0.15, 0.2) is 22.8 Å². The van der Waals surface area contributed by atoms with Gasteiger partial charge in [0.1, 0.15) is 0 Å². The number of ether oxygens (including phenoxy) is 1. The maximum atomic E-state index is 17.3. The molecule has 8 heteroatoms. The molecule has 0 spiro atoms. The highest BCUT2D eigenvalue weighted by Crippen LogP contribution is 2.67. The van der Waals surface area contributed by atoms with Crippen LogP contribution in [0.25, 0.3) is 0 Å². The number of Topliss-reactive ketones (excluding diaryl/α,β-unsaturated/α-hetero) is 1. The van der Waals surface area contributed by atoms with Crippen LogP contribution in [0.15, 0.2) is 23.8 Å². The van der Waals surface area contributed by atoms with E-state index in [0.29, 0.717) is 24.8 Å². The number of fused-ring (bicyclic) bond motifs is 5. The molecule has 0 aliphatic heterocycles. The number of hydrogen-bond acceptors (Lipinski definition) is 6. The molecule has 0 heterocycles. The molecule has 37 heavy (non-hydrogen) atoms. The highest BCUT2D eigenvalue weighted by molar-refractivity contribution is 6.01.